The largest absolute Gasteiger partial charge is 0.497 e. The van der Waals surface area contributed by atoms with E-state index in [0.717, 1.165) is 16.7 Å². The van der Waals surface area contributed by atoms with Crippen molar-refractivity contribution in [3.8, 4) is 11.6 Å². The molecule has 0 bridgehead atoms. The smallest absolute Gasteiger partial charge is 0.241 e. The molecule has 0 atom stereocenters. The van der Waals surface area contributed by atoms with Gasteiger partial charge >= 0.3 is 0 Å². The third-order valence-electron chi connectivity index (χ3n) is 2.64. The van der Waals surface area contributed by atoms with Crippen LogP contribution in [0.15, 0.2) is 30.3 Å². The second kappa shape index (κ2) is 5.39. The molecule has 0 fully saturated rings. The molecule has 98 valence electrons. The highest BCUT2D eigenvalue weighted by Crippen LogP contribution is 2.26. The summed E-state index contributed by atoms with van der Waals surface area (Å²) in [5.74, 6) is 0.659. The summed E-state index contributed by atoms with van der Waals surface area (Å²) in [6.07, 6.45) is 2.85. The van der Waals surface area contributed by atoms with Crippen LogP contribution < -0.4 is 15.2 Å². The first-order valence-electron chi connectivity index (χ1n) is 5.64. The number of nitrogens with zero attached hydrogens (tertiary/aromatic N) is 1. The van der Waals surface area contributed by atoms with Crippen LogP contribution in [0.5, 0.6) is 11.6 Å². The van der Waals surface area contributed by atoms with Gasteiger partial charge < -0.3 is 15.2 Å². The zero-order chi connectivity index (χ0) is 13.8. The number of pyridine rings is 1. The van der Waals surface area contributed by atoms with Crippen LogP contribution in [0.3, 0.4) is 0 Å². The van der Waals surface area contributed by atoms with Crippen molar-refractivity contribution in [2.75, 3.05) is 14.2 Å². The standard InChI is InChI=1S/C14H14N2O3/c1-18-11-4-5-12-10(8-11)7-9(3-6-13(15)17)14(16-12)19-2/h3-8H,1-2H3,(H2,15,17)/b6-3+. The van der Waals surface area contributed by atoms with E-state index in [4.69, 9.17) is 15.2 Å². The minimum atomic E-state index is -0.521. The van der Waals surface area contributed by atoms with E-state index in [0.29, 0.717) is 11.4 Å². The Morgan fingerprint density at radius 3 is 2.68 bits per heavy atom. The average Bonchev–Trinajstić information content (AvgIpc) is 2.43. The van der Waals surface area contributed by atoms with Crippen molar-refractivity contribution in [1.29, 1.82) is 0 Å². The first-order chi connectivity index (χ1) is 9.13. The van der Waals surface area contributed by atoms with Crippen LogP contribution in [-0.2, 0) is 4.79 Å². The minimum Gasteiger partial charge on any atom is -0.497 e. The lowest BCUT2D eigenvalue weighted by molar-refractivity contribution is -0.113. The maximum atomic E-state index is 10.8. The Labute approximate surface area is 110 Å². The summed E-state index contributed by atoms with van der Waals surface area (Å²) >= 11 is 0. The van der Waals surface area contributed by atoms with Crippen molar-refractivity contribution >= 4 is 22.9 Å². The molecule has 0 aliphatic rings. The SMILES string of the molecule is COc1ccc2nc(OC)c(/C=C/C(N)=O)cc2c1. The Balaban J connectivity index is 2.57. The molecule has 0 aliphatic heterocycles. The van der Waals surface area contributed by atoms with Gasteiger partial charge in [-0.05, 0) is 30.3 Å². The van der Waals surface area contributed by atoms with E-state index < -0.39 is 5.91 Å². The zero-order valence-corrected chi connectivity index (χ0v) is 10.7. The van der Waals surface area contributed by atoms with Crippen molar-refractivity contribution < 1.29 is 14.3 Å². The molecule has 2 rings (SSSR count). The number of nitrogens with two attached hydrogens (primary N) is 1. The van der Waals surface area contributed by atoms with Gasteiger partial charge in [0.05, 0.1) is 19.7 Å². The van der Waals surface area contributed by atoms with Crippen LogP contribution in [0, 0.1) is 0 Å². The van der Waals surface area contributed by atoms with Crippen molar-refractivity contribution in [3.63, 3.8) is 0 Å². The second-order valence-corrected chi connectivity index (χ2v) is 3.88. The van der Waals surface area contributed by atoms with Crippen LogP contribution in [0.4, 0.5) is 0 Å². The van der Waals surface area contributed by atoms with Crippen LogP contribution in [0.1, 0.15) is 5.56 Å². The van der Waals surface area contributed by atoms with Crippen molar-refractivity contribution in [3.05, 3.63) is 35.9 Å². The lowest BCUT2D eigenvalue weighted by atomic mass is 10.1. The first-order valence-corrected chi connectivity index (χ1v) is 5.64. The van der Waals surface area contributed by atoms with Gasteiger partial charge in [-0.2, -0.15) is 0 Å². The van der Waals surface area contributed by atoms with Gasteiger partial charge in [0.15, 0.2) is 0 Å². The molecule has 5 nitrogen and oxygen atoms in total. The molecular weight excluding hydrogens is 244 g/mol. The Morgan fingerprint density at radius 2 is 2.05 bits per heavy atom. The van der Waals surface area contributed by atoms with Gasteiger partial charge in [0, 0.05) is 17.0 Å². The molecule has 19 heavy (non-hydrogen) atoms. The normalized spacial score (nSPS) is 10.8. The van der Waals surface area contributed by atoms with Gasteiger partial charge in [0.2, 0.25) is 11.8 Å². The summed E-state index contributed by atoms with van der Waals surface area (Å²) in [6, 6.07) is 7.40. The van der Waals surface area contributed by atoms with E-state index in [9.17, 15) is 4.79 Å². The van der Waals surface area contributed by atoms with Gasteiger partial charge in [0.1, 0.15) is 5.75 Å². The van der Waals surface area contributed by atoms with Gasteiger partial charge in [-0.15, -0.1) is 0 Å². The fourth-order valence-electron chi connectivity index (χ4n) is 1.74. The van der Waals surface area contributed by atoms with Gasteiger partial charge in [0.25, 0.3) is 0 Å². The second-order valence-electron chi connectivity index (χ2n) is 3.88. The van der Waals surface area contributed by atoms with Gasteiger partial charge in [-0.25, -0.2) is 4.98 Å². The highest BCUT2D eigenvalue weighted by molar-refractivity contribution is 5.92. The molecular formula is C14H14N2O3. The van der Waals surface area contributed by atoms with E-state index >= 15 is 0 Å². The van der Waals surface area contributed by atoms with Crippen LogP contribution in [-0.4, -0.2) is 25.1 Å². The lowest BCUT2D eigenvalue weighted by Crippen LogP contribution is -2.05. The summed E-state index contributed by atoms with van der Waals surface area (Å²) < 4.78 is 10.4. The van der Waals surface area contributed by atoms with E-state index in [2.05, 4.69) is 4.98 Å². The third-order valence-corrected chi connectivity index (χ3v) is 2.64. The highest BCUT2D eigenvalue weighted by Gasteiger charge is 2.06. The molecule has 2 N–H and O–H groups in total. The number of hydrogen-bond acceptors (Lipinski definition) is 4. The molecule has 0 spiro atoms. The Bertz CT molecular complexity index is 650. The number of fused-ring (bicyclic) bond motifs is 1. The van der Waals surface area contributed by atoms with Crippen molar-refractivity contribution in [2.45, 2.75) is 0 Å². The first kappa shape index (κ1) is 12.9. The number of carbonyl (C=O) groups is 1. The predicted molar refractivity (Wildman–Crippen MR) is 73.1 cm³/mol. The monoisotopic (exact) mass is 258 g/mol. The molecule has 1 aromatic heterocycles. The molecule has 0 radical (unpaired) electrons. The quantitative estimate of drug-likeness (QED) is 0.848. The Hall–Kier alpha value is -2.56. The number of hydrogen-bond donors (Lipinski definition) is 1. The van der Waals surface area contributed by atoms with E-state index in [-0.39, 0.29) is 0 Å². The number of primary amides is 1. The summed E-state index contributed by atoms with van der Waals surface area (Å²) in [6.45, 7) is 0. The summed E-state index contributed by atoms with van der Waals surface area (Å²) in [5.41, 5.74) is 6.55. The molecule has 0 unspecified atom stereocenters. The van der Waals surface area contributed by atoms with Crippen LogP contribution >= 0.6 is 0 Å². The topological polar surface area (TPSA) is 74.4 Å². The Morgan fingerprint density at radius 1 is 1.26 bits per heavy atom. The maximum absolute atomic E-state index is 10.8. The highest BCUT2D eigenvalue weighted by atomic mass is 16.5. The van der Waals surface area contributed by atoms with E-state index in [1.807, 2.05) is 24.3 Å². The number of methoxy groups -OCH3 is 2. The predicted octanol–water partition coefficient (Wildman–Crippen LogP) is 1.75. The molecule has 0 aliphatic carbocycles. The molecule has 0 saturated heterocycles. The molecule has 1 aromatic carbocycles. The van der Waals surface area contributed by atoms with Crippen LogP contribution in [0.2, 0.25) is 0 Å². The van der Waals surface area contributed by atoms with E-state index in [1.54, 1.807) is 13.2 Å². The number of carbonyl (C=O) groups excluding carboxylic acids is 1. The minimum absolute atomic E-state index is 0.440. The summed E-state index contributed by atoms with van der Waals surface area (Å²) in [5, 5.41) is 0.893. The maximum Gasteiger partial charge on any atom is 0.241 e. The van der Waals surface area contributed by atoms with Crippen molar-refractivity contribution in [1.82, 2.24) is 4.98 Å². The average molecular weight is 258 g/mol. The number of benzene rings is 1. The number of ether oxygens (including phenoxy) is 2. The van der Waals surface area contributed by atoms with Gasteiger partial charge in [-0.3, -0.25) is 4.79 Å². The lowest BCUT2D eigenvalue weighted by Gasteiger charge is -2.07. The third kappa shape index (κ3) is 2.82. The van der Waals surface area contributed by atoms with Gasteiger partial charge in [-0.1, -0.05) is 0 Å². The number of rotatable bonds is 4. The summed E-state index contributed by atoms with van der Waals surface area (Å²) in [4.78, 5) is 15.2. The molecule has 5 heteroatoms. The molecule has 1 amide bonds. The zero-order valence-electron chi connectivity index (χ0n) is 10.7. The summed E-state index contributed by atoms with van der Waals surface area (Å²) in [7, 11) is 3.13. The molecule has 0 saturated carbocycles. The van der Waals surface area contributed by atoms with E-state index in [1.165, 1.54) is 13.2 Å². The molecule has 1 heterocycles. The Kier molecular flexibility index (Phi) is 3.66. The van der Waals surface area contributed by atoms with Crippen LogP contribution in [0.25, 0.3) is 17.0 Å². The number of amides is 1. The fraction of sp³-hybridized carbons (Fsp3) is 0.143. The molecule has 2 aromatic rings. The fourth-order valence-corrected chi connectivity index (χ4v) is 1.74. The van der Waals surface area contributed by atoms with Crippen molar-refractivity contribution in [2.24, 2.45) is 5.73 Å². The number of aromatic nitrogens is 1.